The summed E-state index contributed by atoms with van der Waals surface area (Å²) in [6.07, 6.45) is 1.11. The van der Waals surface area contributed by atoms with Crippen LogP contribution >= 0.6 is 0 Å². The zero-order chi connectivity index (χ0) is 13.1. The molecule has 0 spiro atoms. The molecule has 0 aliphatic heterocycles. The average molecular weight is 247 g/mol. The van der Waals surface area contributed by atoms with Crippen molar-refractivity contribution in [1.82, 2.24) is 4.57 Å². The van der Waals surface area contributed by atoms with Gasteiger partial charge in [-0.25, -0.2) is 4.79 Å². The molecule has 0 fully saturated rings. The maximum atomic E-state index is 11.1. The predicted molar refractivity (Wildman–Crippen MR) is 69.7 cm³/mol. The minimum absolute atomic E-state index is 0.329. The summed E-state index contributed by atoms with van der Waals surface area (Å²) in [6, 6.07) is 8.03. The summed E-state index contributed by atoms with van der Waals surface area (Å²) in [7, 11) is 0. The van der Waals surface area contributed by atoms with Gasteiger partial charge in [-0.1, -0.05) is 12.1 Å². The van der Waals surface area contributed by atoms with Crippen molar-refractivity contribution in [1.29, 1.82) is 0 Å². The van der Waals surface area contributed by atoms with Crippen molar-refractivity contribution in [3.05, 3.63) is 36.0 Å². The van der Waals surface area contributed by atoms with Crippen molar-refractivity contribution in [3.63, 3.8) is 0 Å². The van der Waals surface area contributed by atoms with E-state index < -0.39 is 12.1 Å². The lowest BCUT2D eigenvalue weighted by atomic mass is 10.1. The van der Waals surface area contributed by atoms with Crippen molar-refractivity contribution in [3.8, 4) is 0 Å². The molecule has 0 aliphatic carbocycles. The molecular formula is C14H17NO3. The average Bonchev–Trinajstić information content (AvgIpc) is 2.73. The number of carbonyl (C=O) groups is 1. The van der Waals surface area contributed by atoms with Crippen LogP contribution in [0.15, 0.2) is 30.5 Å². The molecule has 0 saturated heterocycles. The van der Waals surface area contributed by atoms with Gasteiger partial charge in [-0.05, 0) is 31.5 Å². The van der Waals surface area contributed by atoms with Crippen LogP contribution < -0.4 is 0 Å². The molecule has 1 aromatic carbocycles. The zero-order valence-corrected chi connectivity index (χ0v) is 10.6. The van der Waals surface area contributed by atoms with Crippen LogP contribution in [-0.4, -0.2) is 28.4 Å². The topological polar surface area (TPSA) is 51.5 Å². The van der Waals surface area contributed by atoms with Crippen LogP contribution in [0.4, 0.5) is 0 Å². The van der Waals surface area contributed by atoms with Crippen molar-refractivity contribution >= 4 is 16.9 Å². The molecule has 4 heteroatoms. The number of carboxylic acids is 1. The lowest BCUT2D eigenvalue weighted by molar-refractivity contribution is -0.150. The number of aromatic nitrogens is 1. The molecule has 1 unspecified atom stereocenters. The molecule has 18 heavy (non-hydrogen) atoms. The normalized spacial score (nSPS) is 12.8. The van der Waals surface area contributed by atoms with Gasteiger partial charge >= 0.3 is 5.97 Å². The summed E-state index contributed by atoms with van der Waals surface area (Å²) in [5, 5.41) is 10.2. The highest BCUT2D eigenvalue weighted by molar-refractivity contribution is 5.83. The van der Waals surface area contributed by atoms with Crippen LogP contribution in [0, 0.1) is 6.92 Å². The van der Waals surface area contributed by atoms with Gasteiger partial charge in [-0.15, -0.1) is 0 Å². The summed E-state index contributed by atoms with van der Waals surface area (Å²) >= 11 is 0. The third kappa shape index (κ3) is 2.38. The van der Waals surface area contributed by atoms with Crippen molar-refractivity contribution in [2.24, 2.45) is 0 Å². The predicted octanol–water partition coefficient (Wildman–Crippen LogP) is 2.44. The van der Waals surface area contributed by atoms with Gasteiger partial charge in [0, 0.05) is 23.7 Å². The third-order valence-electron chi connectivity index (χ3n) is 3.04. The summed E-state index contributed by atoms with van der Waals surface area (Å²) in [5.74, 6) is -0.925. The van der Waals surface area contributed by atoms with E-state index in [0.29, 0.717) is 13.2 Å². The zero-order valence-electron chi connectivity index (χ0n) is 10.6. The highest BCUT2D eigenvalue weighted by Crippen LogP contribution is 2.20. The van der Waals surface area contributed by atoms with Gasteiger partial charge in [0.05, 0.1) is 6.54 Å². The van der Waals surface area contributed by atoms with Crippen molar-refractivity contribution < 1.29 is 14.6 Å². The standard InChI is InChI=1S/C14H17NO3/c1-3-18-13(14(16)17)9-15-8-7-11-10(2)5-4-6-12(11)15/h4-8,13H,3,9H2,1-2H3,(H,16,17). The fraction of sp³-hybridized carbons (Fsp3) is 0.357. The second kappa shape index (κ2) is 5.23. The molecule has 2 rings (SSSR count). The minimum atomic E-state index is -0.925. The maximum absolute atomic E-state index is 11.1. The Labute approximate surface area is 106 Å². The van der Waals surface area contributed by atoms with Gasteiger partial charge in [0.1, 0.15) is 0 Å². The van der Waals surface area contributed by atoms with Crippen LogP contribution in [0.1, 0.15) is 12.5 Å². The van der Waals surface area contributed by atoms with Gasteiger partial charge in [0.15, 0.2) is 6.10 Å². The van der Waals surface area contributed by atoms with E-state index in [-0.39, 0.29) is 0 Å². The Balaban J connectivity index is 2.31. The van der Waals surface area contributed by atoms with E-state index in [1.165, 1.54) is 5.56 Å². The Kier molecular flexibility index (Phi) is 3.67. The van der Waals surface area contributed by atoms with Gasteiger partial charge in [0.2, 0.25) is 0 Å². The van der Waals surface area contributed by atoms with E-state index in [0.717, 1.165) is 10.9 Å². The molecule has 4 nitrogen and oxygen atoms in total. The fourth-order valence-corrected chi connectivity index (χ4v) is 2.12. The molecule has 2 aromatic rings. The summed E-state index contributed by atoms with van der Waals surface area (Å²) in [5.41, 5.74) is 2.23. The Bertz CT molecular complexity index is 559. The first-order chi connectivity index (χ1) is 8.63. The Morgan fingerprint density at radius 2 is 2.22 bits per heavy atom. The number of aliphatic carboxylic acids is 1. The summed E-state index contributed by atoms with van der Waals surface area (Å²) in [6.45, 7) is 4.57. The van der Waals surface area contributed by atoms with Crippen LogP contribution in [0.2, 0.25) is 0 Å². The highest BCUT2D eigenvalue weighted by atomic mass is 16.5. The number of benzene rings is 1. The number of aryl methyl sites for hydroxylation is 1. The van der Waals surface area contributed by atoms with E-state index in [2.05, 4.69) is 0 Å². The number of fused-ring (bicyclic) bond motifs is 1. The maximum Gasteiger partial charge on any atom is 0.334 e. The minimum Gasteiger partial charge on any atom is -0.479 e. The summed E-state index contributed by atoms with van der Waals surface area (Å²) < 4.78 is 7.16. The largest absolute Gasteiger partial charge is 0.479 e. The van der Waals surface area contributed by atoms with Gasteiger partial charge in [-0.2, -0.15) is 0 Å². The fourth-order valence-electron chi connectivity index (χ4n) is 2.12. The van der Waals surface area contributed by atoms with E-state index in [9.17, 15) is 4.79 Å². The SMILES string of the molecule is CCOC(Cn1ccc2c(C)cccc21)C(=O)O. The van der Waals surface area contributed by atoms with Crippen LogP contribution in [0.5, 0.6) is 0 Å². The number of rotatable bonds is 5. The number of carboxylic acid groups (broad SMARTS) is 1. The molecule has 0 saturated carbocycles. The smallest absolute Gasteiger partial charge is 0.334 e. The molecule has 1 atom stereocenters. The highest BCUT2D eigenvalue weighted by Gasteiger charge is 2.18. The molecule has 1 heterocycles. The molecule has 1 N–H and O–H groups in total. The molecule has 0 amide bonds. The molecule has 96 valence electrons. The first-order valence-electron chi connectivity index (χ1n) is 6.02. The quantitative estimate of drug-likeness (QED) is 0.882. The molecule has 0 bridgehead atoms. The van der Waals surface area contributed by atoms with Gasteiger partial charge in [0.25, 0.3) is 0 Å². The molecule has 1 aromatic heterocycles. The number of nitrogens with zero attached hydrogens (tertiary/aromatic N) is 1. The summed E-state index contributed by atoms with van der Waals surface area (Å²) in [4.78, 5) is 11.1. The van der Waals surface area contributed by atoms with E-state index >= 15 is 0 Å². The second-order valence-electron chi connectivity index (χ2n) is 4.26. The Morgan fingerprint density at radius 1 is 1.44 bits per heavy atom. The van der Waals surface area contributed by atoms with Crippen molar-refractivity contribution in [2.45, 2.75) is 26.5 Å². The van der Waals surface area contributed by atoms with E-state index in [1.54, 1.807) is 6.92 Å². The number of ether oxygens (including phenoxy) is 1. The van der Waals surface area contributed by atoms with Crippen molar-refractivity contribution in [2.75, 3.05) is 6.61 Å². The Hall–Kier alpha value is -1.81. The molecule has 0 radical (unpaired) electrons. The number of hydrogen-bond donors (Lipinski definition) is 1. The second-order valence-corrected chi connectivity index (χ2v) is 4.26. The monoisotopic (exact) mass is 247 g/mol. The van der Waals surface area contributed by atoms with Gasteiger partial charge in [-0.3, -0.25) is 0 Å². The first-order valence-corrected chi connectivity index (χ1v) is 6.02. The first kappa shape index (κ1) is 12.6. The molecular weight excluding hydrogens is 230 g/mol. The van der Waals surface area contributed by atoms with Crippen LogP contribution in [0.3, 0.4) is 0 Å². The van der Waals surface area contributed by atoms with Crippen LogP contribution in [-0.2, 0) is 16.1 Å². The lowest BCUT2D eigenvalue weighted by Gasteiger charge is -2.14. The van der Waals surface area contributed by atoms with Gasteiger partial charge < -0.3 is 14.4 Å². The van der Waals surface area contributed by atoms with Crippen LogP contribution in [0.25, 0.3) is 10.9 Å². The third-order valence-corrected chi connectivity index (χ3v) is 3.04. The van der Waals surface area contributed by atoms with E-state index in [1.807, 2.05) is 42.0 Å². The molecule has 0 aliphatic rings. The number of hydrogen-bond acceptors (Lipinski definition) is 2. The Morgan fingerprint density at radius 3 is 2.89 bits per heavy atom. The van der Waals surface area contributed by atoms with E-state index in [4.69, 9.17) is 9.84 Å². The lowest BCUT2D eigenvalue weighted by Crippen LogP contribution is -2.28.